The Morgan fingerprint density at radius 2 is 2.12 bits per heavy atom. The summed E-state index contributed by atoms with van der Waals surface area (Å²) in [6, 6.07) is 9.41. The van der Waals surface area contributed by atoms with Crippen LogP contribution in [0.1, 0.15) is 12.0 Å². The fraction of sp³-hybridized carbons (Fsp3) is 0.368. The molecule has 1 amide bonds. The monoisotopic (exact) mass is 324 g/mol. The molecule has 3 aliphatic rings. The molecule has 124 valence electrons. The van der Waals surface area contributed by atoms with Gasteiger partial charge in [0.2, 0.25) is 5.91 Å². The SMILES string of the molecule is C=CC[C@@H]1N(Cc2ccccc2)C(=O)[C@@H]2[C@@H](C(=O)[O-])[C@@H]3C=C[C@]21O3. The average molecular weight is 324 g/mol. The molecule has 1 aromatic rings. The van der Waals surface area contributed by atoms with Crippen LogP contribution in [-0.4, -0.2) is 34.5 Å². The van der Waals surface area contributed by atoms with Crippen molar-refractivity contribution in [3.05, 3.63) is 60.7 Å². The molecule has 0 radical (unpaired) electrons. The summed E-state index contributed by atoms with van der Waals surface area (Å²) in [5.74, 6) is -3.03. The number of hydrogen-bond acceptors (Lipinski definition) is 4. The second kappa shape index (κ2) is 5.31. The van der Waals surface area contributed by atoms with Gasteiger partial charge in [-0.15, -0.1) is 6.58 Å². The Labute approximate surface area is 140 Å². The van der Waals surface area contributed by atoms with Gasteiger partial charge in [-0.3, -0.25) is 4.79 Å². The van der Waals surface area contributed by atoms with E-state index >= 15 is 0 Å². The molecule has 0 aromatic heterocycles. The summed E-state index contributed by atoms with van der Waals surface area (Å²) < 4.78 is 6.02. The minimum Gasteiger partial charge on any atom is -0.550 e. The zero-order valence-corrected chi connectivity index (χ0v) is 13.1. The number of aliphatic carboxylic acids is 1. The van der Waals surface area contributed by atoms with Crippen molar-refractivity contribution in [2.75, 3.05) is 0 Å². The standard InChI is InChI=1S/C19H19NO4/c1-2-6-14-19-10-9-13(24-19)15(18(22)23)16(19)17(21)20(14)11-12-7-4-3-5-8-12/h2-5,7-10,13-16H,1,6,11H2,(H,22,23)/p-1/t13-,14-,15-,16-,19+/m0/s1. The second-order valence-electron chi connectivity index (χ2n) is 6.61. The van der Waals surface area contributed by atoms with E-state index in [-0.39, 0.29) is 11.9 Å². The highest BCUT2D eigenvalue weighted by molar-refractivity contribution is 5.91. The zero-order valence-electron chi connectivity index (χ0n) is 13.1. The quantitative estimate of drug-likeness (QED) is 0.746. The zero-order chi connectivity index (χ0) is 16.9. The maximum Gasteiger partial charge on any atom is 0.230 e. The Morgan fingerprint density at radius 1 is 1.38 bits per heavy atom. The van der Waals surface area contributed by atoms with Gasteiger partial charge in [0.15, 0.2) is 0 Å². The van der Waals surface area contributed by atoms with E-state index in [1.165, 1.54) is 0 Å². The maximum absolute atomic E-state index is 13.1. The van der Waals surface area contributed by atoms with Crippen LogP contribution in [0.5, 0.6) is 0 Å². The van der Waals surface area contributed by atoms with E-state index in [2.05, 4.69) is 6.58 Å². The number of nitrogens with zero attached hydrogens (tertiary/aromatic N) is 1. The first-order chi connectivity index (χ1) is 11.6. The van der Waals surface area contributed by atoms with Crippen LogP contribution in [0.15, 0.2) is 55.1 Å². The summed E-state index contributed by atoms with van der Waals surface area (Å²) >= 11 is 0. The van der Waals surface area contributed by atoms with Gasteiger partial charge in [0.1, 0.15) is 5.60 Å². The van der Waals surface area contributed by atoms with Crippen molar-refractivity contribution in [3.8, 4) is 0 Å². The number of hydrogen-bond donors (Lipinski definition) is 0. The minimum atomic E-state index is -1.22. The van der Waals surface area contributed by atoms with Crippen molar-refractivity contribution in [2.24, 2.45) is 11.8 Å². The first kappa shape index (κ1) is 15.1. The first-order valence-electron chi connectivity index (χ1n) is 8.12. The number of benzene rings is 1. The highest BCUT2D eigenvalue weighted by Crippen LogP contribution is 2.55. The van der Waals surface area contributed by atoms with Crippen molar-refractivity contribution in [1.82, 2.24) is 4.90 Å². The highest BCUT2D eigenvalue weighted by Gasteiger charge is 2.69. The van der Waals surface area contributed by atoms with Crippen LogP contribution in [0.3, 0.4) is 0 Å². The number of ether oxygens (including phenoxy) is 1. The van der Waals surface area contributed by atoms with Gasteiger partial charge in [0, 0.05) is 18.4 Å². The van der Waals surface area contributed by atoms with Crippen LogP contribution in [0, 0.1) is 11.8 Å². The normalized spacial score (nSPS) is 36.2. The van der Waals surface area contributed by atoms with Crippen LogP contribution >= 0.6 is 0 Å². The molecule has 0 unspecified atom stereocenters. The first-order valence-corrected chi connectivity index (χ1v) is 8.12. The van der Waals surface area contributed by atoms with E-state index in [0.29, 0.717) is 13.0 Å². The van der Waals surface area contributed by atoms with Gasteiger partial charge in [-0.05, 0) is 12.0 Å². The van der Waals surface area contributed by atoms with E-state index in [0.717, 1.165) is 5.56 Å². The molecular formula is C19H18NO4-. The fourth-order valence-electron chi connectivity index (χ4n) is 4.43. The molecule has 0 saturated carbocycles. The lowest BCUT2D eigenvalue weighted by atomic mass is 9.74. The van der Waals surface area contributed by atoms with Gasteiger partial charge >= 0.3 is 0 Å². The molecule has 5 heteroatoms. The Bertz CT molecular complexity index is 728. The topological polar surface area (TPSA) is 69.7 Å². The lowest BCUT2D eigenvalue weighted by Gasteiger charge is -2.32. The Morgan fingerprint density at radius 3 is 2.79 bits per heavy atom. The summed E-state index contributed by atoms with van der Waals surface area (Å²) in [6.45, 7) is 4.22. The third-order valence-electron chi connectivity index (χ3n) is 5.39. The summed E-state index contributed by atoms with van der Waals surface area (Å²) in [6.07, 6.45) is 5.36. The van der Waals surface area contributed by atoms with Gasteiger partial charge in [-0.1, -0.05) is 48.6 Å². The molecule has 2 saturated heterocycles. The number of carboxylic acids is 1. The molecule has 0 N–H and O–H groups in total. The Kier molecular flexibility index (Phi) is 3.35. The van der Waals surface area contributed by atoms with Crippen LogP contribution in [-0.2, 0) is 20.9 Å². The molecule has 4 rings (SSSR count). The van der Waals surface area contributed by atoms with Gasteiger partial charge in [-0.2, -0.15) is 0 Å². The van der Waals surface area contributed by atoms with Crippen molar-refractivity contribution in [1.29, 1.82) is 0 Å². The average Bonchev–Trinajstić information content (AvgIpc) is 3.20. The minimum absolute atomic E-state index is 0.174. The Hall–Kier alpha value is -2.40. The van der Waals surface area contributed by atoms with Gasteiger partial charge in [0.05, 0.1) is 18.1 Å². The lowest BCUT2D eigenvalue weighted by Crippen LogP contribution is -2.46. The highest BCUT2D eigenvalue weighted by atomic mass is 16.5. The molecular weight excluding hydrogens is 306 g/mol. The molecule has 5 atom stereocenters. The molecule has 1 spiro atoms. The molecule has 2 fully saturated rings. The van der Waals surface area contributed by atoms with Crippen LogP contribution in [0.25, 0.3) is 0 Å². The van der Waals surface area contributed by atoms with Crippen LogP contribution in [0.4, 0.5) is 0 Å². The molecule has 3 aliphatic heterocycles. The number of likely N-dealkylation sites (tertiary alicyclic amines) is 1. The fourth-order valence-corrected chi connectivity index (χ4v) is 4.43. The summed E-state index contributed by atoms with van der Waals surface area (Å²) in [7, 11) is 0. The van der Waals surface area contributed by atoms with Crippen molar-refractivity contribution in [3.63, 3.8) is 0 Å². The summed E-state index contributed by atoms with van der Waals surface area (Å²) in [5.41, 5.74) is 0.120. The van der Waals surface area contributed by atoms with Crippen LogP contribution < -0.4 is 5.11 Å². The van der Waals surface area contributed by atoms with Crippen molar-refractivity contribution >= 4 is 11.9 Å². The number of rotatable bonds is 5. The van der Waals surface area contributed by atoms with Gasteiger partial charge < -0.3 is 19.5 Å². The van der Waals surface area contributed by atoms with Crippen molar-refractivity contribution < 1.29 is 19.4 Å². The number of carbonyl (C=O) groups is 2. The van der Waals surface area contributed by atoms with Gasteiger partial charge in [-0.25, -0.2) is 0 Å². The maximum atomic E-state index is 13.1. The lowest BCUT2D eigenvalue weighted by molar-refractivity contribution is -0.313. The number of carboxylic acid groups (broad SMARTS) is 1. The molecule has 1 aromatic carbocycles. The molecule has 2 bridgehead atoms. The van der Waals surface area contributed by atoms with E-state index in [4.69, 9.17) is 4.74 Å². The largest absolute Gasteiger partial charge is 0.550 e. The predicted molar refractivity (Wildman–Crippen MR) is 84.3 cm³/mol. The van der Waals surface area contributed by atoms with E-state index in [9.17, 15) is 14.7 Å². The Balaban J connectivity index is 1.73. The third kappa shape index (κ3) is 1.91. The molecule has 5 nitrogen and oxygen atoms in total. The molecule has 24 heavy (non-hydrogen) atoms. The number of fused-ring (bicyclic) bond motifs is 1. The number of carbonyl (C=O) groups excluding carboxylic acids is 2. The summed E-state index contributed by atoms with van der Waals surface area (Å²) in [5, 5.41) is 11.6. The molecule has 3 heterocycles. The van der Waals surface area contributed by atoms with Crippen LogP contribution in [0.2, 0.25) is 0 Å². The number of amides is 1. The van der Waals surface area contributed by atoms with Crippen molar-refractivity contribution in [2.45, 2.75) is 30.7 Å². The second-order valence-corrected chi connectivity index (χ2v) is 6.61. The van der Waals surface area contributed by atoms with E-state index < -0.39 is 29.5 Å². The smallest absolute Gasteiger partial charge is 0.230 e. The third-order valence-corrected chi connectivity index (χ3v) is 5.39. The predicted octanol–water partition coefficient (Wildman–Crippen LogP) is 0.663. The van der Waals surface area contributed by atoms with Gasteiger partial charge in [0.25, 0.3) is 0 Å². The van der Waals surface area contributed by atoms with E-state index in [1.54, 1.807) is 17.1 Å². The summed E-state index contributed by atoms with van der Waals surface area (Å²) in [4.78, 5) is 26.4. The molecule has 0 aliphatic carbocycles. The van der Waals surface area contributed by atoms with E-state index in [1.807, 2.05) is 36.4 Å².